The fourth-order valence-electron chi connectivity index (χ4n) is 2.15. The van der Waals surface area contributed by atoms with Gasteiger partial charge in [-0.2, -0.15) is 0 Å². The number of nitrogens with one attached hydrogen (secondary N) is 1. The van der Waals surface area contributed by atoms with Gasteiger partial charge in [0.2, 0.25) is 0 Å². The minimum atomic E-state index is -0.130. The second kappa shape index (κ2) is 4.89. The van der Waals surface area contributed by atoms with Gasteiger partial charge in [-0.25, -0.2) is 0 Å². The first-order valence-corrected chi connectivity index (χ1v) is 6.86. The fourth-order valence-corrected chi connectivity index (χ4v) is 2.58. The van der Waals surface area contributed by atoms with Crippen LogP contribution >= 0.6 is 23.8 Å². The predicted molar refractivity (Wildman–Crippen MR) is 84.5 cm³/mol. The van der Waals surface area contributed by atoms with Crippen LogP contribution in [0.5, 0.6) is 0 Å². The van der Waals surface area contributed by atoms with E-state index in [1.807, 2.05) is 25.1 Å². The highest BCUT2D eigenvalue weighted by atomic mass is 35.5. The van der Waals surface area contributed by atoms with Gasteiger partial charge in [-0.3, -0.25) is 9.36 Å². The smallest absolute Gasteiger partial charge is 0.266 e. The van der Waals surface area contributed by atoms with Gasteiger partial charge >= 0.3 is 0 Å². The van der Waals surface area contributed by atoms with Gasteiger partial charge in [0.15, 0.2) is 4.77 Å². The molecule has 5 heteroatoms. The topological polar surface area (TPSA) is 37.8 Å². The summed E-state index contributed by atoms with van der Waals surface area (Å²) in [6, 6.07) is 12.7. The van der Waals surface area contributed by atoms with Crippen LogP contribution in [0.3, 0.4) is 0 Å². The zero-order valence-electron chi connectivity index (χ0n) is 10.7. The number of halogens is 1. The number of fused-ring (bicyclic) bond motifs is 1. The van der Waals surface area contributed by atoms with Crippen LogP contribution in [-0.4, -0.2) is 9.55 Å². The van der Waals surface area contributed by atoms with Gasteiger partial charge in [-0.05, 0) is 55.5 Å². The Morgan fingerprint density at radius 3 is 2.55 bits per heavy atom. The normalized spacial score (nSPS) is 10.9. The Bertz CT molecular complexity index is 910. The van der Waals surface area contributed by atoms with Crippen LogP contribution in [0.4, 0.5) is 0 Å². The summed E-state index contributed by atoms with van der Waals surface area (Å²) in [7, 11) is 0. The second-order valence-electron chi connectivity index (χ2n) is 4.60. The van der Waals surface area contributed by atoms with Crippen molar-refractivity contribution in [1.29, 1.82) is 0 Å². The monoisotopic (exact) mass is 302 g/mol. The average Bonchev–Trinajstić information content (AvgIpc) is 2.42. The molecule has 0 saturated heterocycles. The van der Waals surface area contributed by atoms with Gasteiger partial charge < -0.3 is 4.98 Å². The third kappa shape index (κ3) is 2.17. The molecule has 1 aromatic heterocycles. The molecule has 2 aromatic carbocycles. The summed E-state index contributed by atoms with van der Waals surface area (Å²) in [4.78, 5) is 15.7. The van der Waals surface area contributed by atoms with Gasteiger partial charge in [0.25, 0.3) is 5.56 Å². The molecule has 1 N–H and O–H groups in total. The third-order valence-electron chi connectivity index (χ3n) is 3.14. The first kappa shape index (κ1) is 13.1. The van der Waals surface area contributed by atoms with Crippen molar-refractivity contribution < 1.29 is 0 Å². The first-order chi connectivity index (χ1) is 9.56. The number of rotatable bonds is 1. The number of nitrogens with zero attached hydrogens (tertiary/aromatic N) is 1. The van der Waals surface area contributed by atoms with E-state index in [9.17, 15) is 4.79 Å². The molecule has 100 valence electrons. The highest BCUT2D eigenvalue weighted by molar-refractivity contribution is 7.71. The summed E-state index contributed by atoms with van der Waals surface area (Å²) in [5, 5.41) is 1.24. The summed E-state index contributed by atoms with van der Waals surface area (Å²) in [5.41, 5.74) is 2.34. The molecular weight excluding hydrogens is 292 g/mol. The molecule has 3 rings (SSSR count). The van der Waals surface area contributed by atoms with E-state index in [1.54, 1.807) is 24.3 Å². The van der Waals surface area contributed by atoms with Crippen LogP contribution in [0.25, 0.3) is 16.6 Å². The van der Waals surface area contributed by atoms with Crippen molar-refractivity contribution in [2.45, 2.75) is 6.92 Å². The lowest BCUT2D eigenvalue weighted by Crippen LogP contribution is -2.20. The molecule has 0 aliphatic carbocycles. The number of benzene rings is 2. The van der Waals surface area contributed by atoms with Crippen LogP contribution in [0.2, 0.25) is 5.02 Å². The van der Waals surface area contributed by atoms with Crippen LogP contribution in [-0.2, 0) is 0 Å². The van der Waals surface area contributed by atoms with Crippen molar-refractivity contribution in [1.82, 2.24) is 9.55 Å². The van der Waals surface area contributed by atoms with Gasteiger partial charge in [0.05, 0.1) is 16.6 Å². The van der Waals surface area contributed by atoms with E-state index in [0.717, 1.165) is 11.1 Å². The predicted octanol–water partition coefficient (Wildman–Crippen LogP) is 4.01. The van der Waals surface area contributed by atoms with Crippen LogP contribution in [0.15, 0.2) is 47.3 Å². The van der Waals surface area contributed by atoms with E-state index < -0.39 is 0 Å². The zero-order chi connectivity index (χ0) is 14.3. The minimum absolute atomic E-state index is 0.130. The minimum Gasteiger partial charge on any atom is -0.331 e. The SMILES string of the molecule is Cc1ccc2[nH]c(=S)n(-c3ccc(Cl)cc3)c(=O)c2c1. The van der Waals surface area contributed by atoms with E-state index in [0.29, 0.717) is 20.9 Å². The average molecular weight is 303 g/mol. The summed E-state index contributed by atoms with van der Waals surface area (Å²) in [6.45, 7) is 1.95. The molecule has 0 aliphatic rings. The molecule has 0 saturated carbocycles. The molecule has 1 heterocycles. The quantitative estimate of drug-likeness (QED) is 0.690. The van der Waals surface area contributed by atoms with E-state index in [-0.39, 0.29) is 5.56 Å². The van der Waals surface area contributed by atoms with E-state index >= 15 is 0 Å². The molecule has 0 atom stereocenters. The Balaban J connectivity index is 2.39. The number of hydrogen-bond donors (Lipinski definition) is 1. The number of hydrogen-bond acceptors (Lipinski definition) is 2. The highest BCUT2D eigenvalue weighted by Gasteiger charge is 2.07. The van der Waals surface area contributed by atoms with Gasteiger partial charge in [-0.15, -0.1) is 0 Å². The number of aromatic amines is 1. The maximum absolute atomic E-state index is 12.6. The van der Waals surface area contributed by atoms with Crippen LogP contribution in [0.1, 0.15) is 5.56 Å². The lowest BCUT2D eigenvalue weighted by atomic mass is 10.1. The van der Waals surface area contributed by atoms with Crippen molar-refractivity contribution in [2.75, 3.05) is 0 Å². The van der Waals surface area contributed by atoms with Gasteiger partial charge in [-0.1, -0.05) is 23.2 Å². The maximum atomic E-state index is 12.6. The highest BCUT2D eigenvalue weighted by Crippen LogP contribution is 2.15. The maximum Gasteiger partial charge on any atom is 0.266 e. The Hall–Kier alpha value is -1.91. The Kier molecular flexibility index (Phi) is 3.20. The summed E-state index contributed by atoms with van der Waals surface area (Å²) in [6.07, 6.45) is 0. The number of aryl methyl sites for hydroxylation is 1. The summed E-state index contributed by atoms with van der Waals surface area (Å²) < 4.78 is 1.85. The van der Waals surface area contributed by atoms with Crippen molar-refractivity contribution in [3.05, 3.63) is 68.2 Å². The molecule has 0 radical (unpaired) electrons. The number of aromatic nitrogens is 2. The van der Waals surface area contributed by atoms with E-state index in [2.05, 4.69) is 4.98 Å². The molecule has 0 fully saturated rings. The van der Waals surface area contributed by atoms with Crippen molar-refractivity contribution in [2.24, 2.45) is 0 Å². The molecule has 0 bridgehead atoms. The van der Waals surface area contributed by atoms with Crippen molar-refractivity contribution in [3.63, 3.8) is 0 Å². The standard InChI is InChI=1S/C15H11ClN2OS/c1-9-2-7-13-12(8-9)14(19)18(15(20)17-13)11-5-3-10(16)4-6-11/h2-8H,1H3,(H,17,20). The van der Waals surface area contributed by atoms with E-state index in [1.165, 1.54) is 4.57 Å². The Morgan fingerprint density at radius 1 is 1.15 bits per heavy atom. The van der Waals surface area contributed by atoms with Crippen LogP contribution in [0, 0.1) is 11.7 Å². The molecule has 3 nitrogen and oxygen atoms in total. The molecule has 0 aliphatic heterocycles. The first-order valence-electron chi connectivity index (χ1n) is 6.08. The van der Waals surface area contributed by atoms with Crippen molar-refractivity contribution >= 4 is 34.7 Å². The fraction of sp³-hybridized carbons (Fsp3) is 0.0667. The lowest BCUT2D eigenvalue weighted by molar-refractivity contribution is 0.940. The Labute approximate surface area is 125 Å². The molecule has 0 unspecified atom stereocenters. The molecule has 0 amide bonds. The van der Waals surface area contributed by atoms with Crippen molar-refractivity contribution in [3.8, 4) is 5.69 Å². The molecule has 3 aromatic rings. The lowest BCUT2D eigenvalue weighted by Gasteiger charge is -2.08. The largest absolute Gasteiger partial charge is 0.331 e. The summed E-state index contributed by atoms with van der Waals surface area (Å²) in [5.74, 6) is 0. The van der Waals surface area contributed by atoms with Gasteiger partial charge in [0.1, 0.15) is 0 Å². The number of H-pyrrole nitrogens is 1. The molecule has 0 spiro atoms. The zero-order valence-corrected chi connectivity index (χ0v) is 12.3. The van der Waals surface area contributed by atoms with Gasteiger partial charge in [0, 0.05) is 5.02 Å². The Morgan fingerprint density at radius 2 is 1.85 bits per heavy atom. The molecular formula is C15H11ClN2OS. The van der Waals surface area contributed by atoms with Crippen LogP contribution < -0.4 is 5.56 Å². The molecule has 20 heavy (non-hydrogen) atoms. The summed E-state index contributed by atoms with van der Waals surface area (Å²) >= 11 is 11.2. The third-order valence-corrected chi connectivity index (χ3v) is 3.67. The second-order valence-corrected chi connectivity index (χ2v) is 5.42. The van der Waals surface area contributed by atoms with E-state index in [4.69, 9.17) is 23.8 Å².